The van der Waals surface area contributed by atoms with Gasteiger partial charge in [-0.05, 0) is 25.5 Å². The average molecular weight is 423 g/mol. The van der Waals surface area contributed by atoms with Gasteiger partial charge in [0.1, 0.15) is 0 Å². The zero-order valence-corrected chi connectivity index (χ0v) is 18.7. The maximum Gasteiger partial charge on any atom is 0.236 e. The Morgan fingerprint density at radius 2 is 1.48 bits per heavy atom. The highest BCUT2D eigenvalue weighted by atomic mass is 16.2. The van der Waals surface area contributed by atoms with E-state index in [4.69, 9.17) is 0 Å². The van der Waals surface area contributed by atoms with Gasteiger partial charge in [-0.2, -0.15) is 0 Å². The van der Waals surface area contributed by atoms with E-state index in [1.807, 2.05) is 61.2 Å². The second-order valence-electron chi connectivity index (χ2n) is 7.89. The van der Waals surface area contributed by atoms with Crippen LogP contribution in [0.2, 0.25) is 0 Å². The minimum Gasteiger partial charge on any atom is -0.342 e. The van der Waals surface area contributed by atoms with Gasteiger partial charge in [0, 0.05) is 63.5 Å². The molecule has 0 aliphatic carbocycles. The molecule has 0 saturated carbocycles. The zero-order chi connectivity index (χ0) is 22.1. The van der Waals surface area contributed by atoms with Gasteiger partial charge in [0.25, 0.3) is 0 Å². The summed E-state index contributed by atoms with van der Waals surface area (Å²) >= 11 is 0. The van der Waals surface area contributed by atoms with Crippen LogP contribution in [0.4, 0.5) is 5.69 Å². The Morgan fingerprint density at radius 3 is 2.16 bits per heavy atom. The Hall–Kier alpha value is -2.70. The summed E-state index contributed by atoms with van der Waals surface area (Å²) in [5.41, 5.74) is 2.97. The number of hydrogen-bond donors (Lipinski definition) is 1. The van der Waals surface area contributed by atoms with E-state index in [9.17, 15) is 9.59 Å². The van der Waals surface area contributed by atoms with Gasteiger partial charge in [0.2, 0.25) is 11.8 Å². The van der Waals surface area contributed by atoms with Crippen LogP contribution in [0.15, 0.2) is 54.6 Å². The third-order valence-corrected chi connectivity index (χ3v) is 5.88. The summed E-state index contributed by atoms with van der Waals surface area (Å²) in [6.45, 7) is 10.3. The Bertz CT molecular complexity index is 844. The summed E-state index contributed by atoms with van der Waals surface area (Å²) in [6, 6.07) is 18.0. The Labute approximate surface area is 185 Å². The summed E-state index contributed by atoms with van der Waals surface area (Å²) in [4.78, 5) is 31.3. The Balaban J connectivity index is 1.44. The summed E-state index contributed by atoms with van der Waals surface area (Å²) in [5, 5.41) is 3.08. The maximum absolute atomic E-state index is 12.6. The van der Waals surface area contributed by atoms with Crippen molar-refractivity contribution < 1.29 is 9.59 Å². The van der Waals surface area contributed by atoms with Crippen molar-refractivity contribution in [3.05, 3.63) is 54.6 Å². The molecule has 2 aromatic rings. The van der Waals surface area contributed by atoms with Crippen LogP contribution < -0.4 is 5.32 Å². The number of benzene rings is 2. The molecule has 1 fully saturated rings. The van der Waals surface area contributed by atoms with Crippen LogP contribution in [0.5, 0.6) is 0 Å². The third kappa shape index (κ3) is 6.64. The van der Waals surface area contributed by atoms with E-state index in [1.54, 1.807) is 0 Å². The molecule has 0 radical (unpaired) electrons. The first-order chi connectivity index (χ1) is 15.1. The molecule has 2 amide bonds. The number of para-hydroxylation sites is 1. The number of nitrogens with zero attached hydrogens (tertiary/aromatic N) is 3. The van der Waals surface area contributed by atoms with Gasteiger partial charge in [-0.25, -0.2) is 0 Å². The third-order valence-electron chi connectivity index (χ3n) is 5.88. The van der Waals surface area contributed by atoms with E-state index in [1.165, 1.54) is 0 Å². The second kappa shape index (κ2) is 11.6. The van der Waals surface area contributed by atoms with Crippen LogP contribution in [0, 0.1) is 0 Å². The van der Waals surface area contributed by atoms with E-state index in [2.05, 4.69) is 27.2 Å². The first kappa shape index (κ1) is 23.0. The molecule has 6 nitrogen and oxygen atoms in total. The highest BCUT2D eigenvalue weighted by Gasteiger charge is 2.21. The van der Waals surface area contributed by atoms with Crippen LogP contribution >= 0.6 is 0 Å². The molecule has 1 heterocycles. The minimum atomic E-state index is 0.0301. The highest BCUT2D eigenvalue weighted by molar-refractivity contribution is 5.95. The van der Waals surface area contributed by atoms with Crippen molar-refractivity contribution in [3.63, 3.8) is 0 Å². The van der Waals surface area contributed by atoms with Crippen LogP contribution in [-0.4, -0.2) is 78.9 Å². The molecule has 1 N–H and O–H groups in total. The van der Waals surface area contributed by atoms with Crippen LogP contribution in [0.3, 0.4) is 0 Å². The van der Waals surface area contributed by atoms with Crippen molar-refractivity contribution in [3.8, 4) is 11.1 Å². The molecule has 0 spiro atoms. The lowest BCUT2D eigenvalue weighted by Crippen LogP contribution is -2.50. The lowest BCUT2D eigenvalue weighted by Gasteiger charge is -2.35. The fourth-order valence-corrected chi connectivity index (χ4v) is 3.97. The number of piperazine rings is 1. The van der Waals surface area contributed by atoms with Crippen molar-refractivity contribution in [1.29, 1.82) is 0 Å². The number of likely N-dealkylation sites (N-methyl/N-ethyl adjacent to an activating group) is 1. The standard InChI is InChI=1S/C25H34N4O2/c1-3-29(4-2)25(31)20-28-18-16-27(17-19-28)15-14-24(30)26-23-13-9-8-12-22(23)21-10-6-5-7-11-21/h5-13H,3-4,14-20H2,1-2H3,(H,26,30). The number of carbonyl (C=O) groups is 2. The molecule has 3 rings (SSSR count). The number of amides is 2. The molecular weight excluding hydrogens is 388 g/mol. The number of carbonyl (C=O) groups excluding carboxylic acids is 2. The fourth-order valence-electron chi connectivity index (χ4n) is 3.97. The smallest absolute Gasteiger partial charge is 0.236 e. The summed E-state index contributed by atoms with van der Waals surface area (Å²) in [7, 11) is 0. The zero-order valence-electron chi connectivity index (χ0n) is 18.7. The molecule has 1 aliphatic heterocycles. The van der Waals surface area contributed by atoms with E-state index < -0.39 is 0 Å². The van der Waals surface area contributed by atoms with Crippen LogP contribution in [0.1, 0.15) is 20.3 Å². The van der Waals surface area contributed by atoms with E-state index >= 15 is 0 Å². The van der Waals surface area contributed by atoms with Crippen molar-refractivity contribution in [2.24, 2.45) is 0 Å². The molecule has 6 heteroatoms. The van der Waals surface area contributed by atoms with Gasteiger partial charge >= 0.3 is 0 Å². The number of nitrogens with one attached hydrogen (secondary N) is 1. The molecule has 0 bridgehead atoms. The largest absolute Gasteiger partial charge is 0.342 e. The SMILES string of the molecule is CCN(CC)C(=O)CN1CCN(CCC(=O)Nc2ccccc2-c2ccccc2)CC1. The van der Waals surface area contributed by atoms with Gasteiger partial charge in [-0.1, -0.05) is 48.5 Å². The number of rotatable bonds is 9. The highest BCUT2D eigenvalue weighted by Crippen LogP contribution is 2.27. The first-order valence-corrected chi connectivity index (χ1v) is 11.3. The normalized spacial score (nSPS) is 14.9. The minimum absolute atomic E-state index is 0.0301. The molecule has 0 aromatic heterocycles. The van der Waals surface area contributed by atoms with Crippen LogP contribution in [-0.2, 0) is 9.59 Å². The predicted molar refractivity (Wildman–Crippen MR) is 126 cm³/mol. The number of hydrogen-bond acceptors (Lipinski definition) is 4. The lowest BCUT2D eigenvalue weighted by molar-refractivity contribution is -0.132. The molecule has 1 aliphatic rings. The average Bonchev–Trinajstić information content (AvgIpc) is 2.80. The molecule has 166 valence electrons. The van der Waals surface area contributed by atoms with Crippen LogP contribution in [0.25, 0.3) is 11.1 Å². The topological polar surface area (TPSA) is 55.9 Å². The molecule has 0 unspecified atom stereocenters. The van der Waals surface area contributed by atoms with Gasteiger partial charge < -0.3 is 15.1 Å². The second-order valence-corrected chi connectivity index (χ2v) is 7.89. The fraction of sp³-hybridized carbons (Fsp3) is 0.440. The monoisotopic (exact) mass is 422 g/mol. The van der Waals surface area contributed by atoms with Gasteiger partial charge in [-0.15, -0.1) is 0 Å². The molecule has 0 atom stereocenters. The molecule has 31 heavy (non-hydrogen) atoms. The van der Waals surface area contributed by atoms with Crippen molar-refractivity contribution in [2.45, 2.75) is 20.3 Å². The first-order valence-electron chi connectivity index (χ1n) is 11.3. The quantitative estimate of drug-likeness (QED) is 0.674. The van der Waals surface area contributed by atoms with Gasteiger partial charge in [0.15, 0.2) is 0 Å². The van der Waals surface area contributed by atoms with Crippen molar-refractivity contribution in [1.82, 2.24) is 14.7 Å². The Morgan fingerprint density at radius 1 is 0.871 bits per heavy atom. The van der Waals surface area contributed by atoms with E-state index in [-0.39, 0.29) is 11.8 Å². The molecule has 1 saturated heterocycles. The molecule has 2 aromatic carbocycles. The van der Waals surface area contributed by atoms with Gasteiger partial charge in [0.05, 0.1) is 6.54 Å². The maximum atomic E-state index is 12.6. The summed E-state index contributed by atoms with van der Waals surface area (Å²) < 4.78 is 0. The van der Waals surface area contributed by atoms with Crippen molar-refractivity contribution in [2.75, 3.05) is 57.7 Å². The lowest BCUT2D eigenvalue weighted by atomic mass is 10.0. The van der Waals surface area contributed by atoms with Gasteiger partial charge in [-0.3, -0.25) is 14.5 Å². The summed E-state index contributed by atoms with van der Waals surface area (Å²) in [6.07, 6.45) is 0.460. The van der Waals surface area contributed by atoms with E-state index in [0.29, 0.717) is 13.0 Å². The van der Waals surface area contributed by atoms with E-state index in [0.717, 1.165) is 62.6 Å². The number of anilines is 1. The van der Waals surface area contributed by atoms with Crippen molar-refractivity contribution >= 4 is 17.5 Å². The predicted octanol–water partition coefficient (Wildman–Crippen LogP) is 3.17. The Kier molecular flexibility index (Phi) is 8.62. The summed E-state index contributed by atoms with van der Waals surface area (Å²) in [5.74, 6) is 0.234. The molecular formula is C25H34N4O2.